The van der Waals surface area contributed by atoms with Crippen LogP contribution in [-0.2, 0) is 12.0 Å². The van der Waals surface area contributed by atoms with Gasteiger partial charge in [-0.2, -0.15) is 0 Å². The maximum atomic E-state index is 11.1. The van der Waals surface area contributed by atoms with Crippen LogP contribution in [-0.4, -0.2) is 27.9 Å². The van der Waals surface area contributed by atoms with Crippen molar-refractivity contribution in [3.63, 3.8) is 0 Å². The van der Waals surface area contributed by atoms with Crippen molar-refractivity contribution < 1.29 is 9.53 Å². The number of nitrogens with zero attached hydrogens (tertiary/aromatic N) is 3. The van der Waals surface area contributed by atoms with Crippen molar-refractivity contribution >= 4 is 6.29 Å². The predicted molar refractivity (Wildman–Crippen MR) is 80.8 cm³/mol. The molecule has 5 nitrogen and oxygen atoms in total. The average Bonchev–Trinajstić information content (AvgIpc) is 2.84. The summed E-state index contributed by atoms with van der Waals surface area (Å²) in [6, 6.07) is 7.90. The second-order valence-electron chi connectivity index (χ2n) is 6.08. The maximum absolute atomic E-state index is 11.1. The number of carbonyl (C=O) groups is 1. The Kier molecular flexibility index (Phi) is 4.40. The normalized spacial score (nSPS) is 11.4. The van der Waals surface area contributed by atoms with Crippen molar-refractivity contribution in [1.82, 2.24) is 15.0 Å². The minimum Gasteiger partial charge on any atom is -0.492 e. The van der Waals surface area contributed by atoms with Crippen LogP contribution in [0.15, 0.2) is 24.3 Å². The summed E-state index contributed by atoms with van der Waals surface area (Å²) in [5.41, 5.74) is 2.25. The summed E-state index contributed by atoms with van der Waals surface area (Å²) in [4.78, 5) is 11.1. The highest BCUT2D eigenvalue weighted by Gasteiger charge is 2.24. The fourth-order valence-electron chi connectivity index (χ4n) is 2.22. The fourth-order valence-corrected chi connectivity index (χ4v) is 2.22. The molecule has 0 spiro atoms. The summed E-state index contributed by atoms with van der Waals surface area (Å²) in [5, 5.41) is 7.98. The second-order valence-corrected chi connectivity index (χ2v) is 6.08. The molecule has 21 heavy (non-hydrogen) atoms. The van der Waals surface area contributed by atoms with Gasteiger partial charge in [-0.25, -0.2) is 4.68 Å². The van der Waals surface area contributed by atoms with Gasteiger partial charge in [-0.3, -0.25) is 4.79 Å². The number of benzene rings is 1. The number of aromatic nitrogens is 3. The highest BCUT2D eigenvalue weighted by atomic mass is 16.5. The Bertz CT molecular complexity index is 609. The number of ether oxygens (including phenoxy) is 1. The molecule has 1 aromatic heterocycles. The predicted octanol–water partition coefficient (Wildman–Crippen LogP) is 2.78. The molecule has 0 amide bonds. The Labute approximate surface area is 124 Å². The maximum Gasteiger partial charge on any atom is 0.172 e. The van der Waals surface area contributed by atoms with E-state index in [1.54, 1.807) is 4.68 Å². The van der Waals surface area contributed by atoms with E-state index in [9.17, 15) is 4.79 Å². The lowest BCUT2D eigenvalue weighted by atomic mass is 9.90. The van der Waals surface area contributed by atoms with Crippen molar-refractivity contribution in [2.45, 2.75) is 39.7 Å². The van der Waals surface area contributed by atoms with Gasteiger partial charge in [0.15, 0.2) is 6.29 Å². The minimum absolute atomic E-state index is 0.191. The Morgan fingerprint density at radius 3 is 2.48 bits per heavy atom. The molecule has 2 aromatic rings. The fraction of sp³-hybridized carbons (Fsp3) is 0.438. The van der Waals surface area contributed by atoms with Crippen LogP contribution in [0.4, 0.5) is 0 Å². The molecule has 112 valence electrons. The van der Waals surface area contributed by atoms with E-state index in [2.05, 4.69) is 10.3 Å². The number of hydrogen-bond acceptors (Lipinski definition) is 4. The zero-order chi connectivity index (χ0) is 15.5. The summed E-state index contributed by atoms with van der Waals surface area (Å²) in [6.07, 6.45) is 0.755. The van der Waals surface area contributed by atoms with Crippen LogP contribution >= 0.6 is 0 Å². The van der Waals surface area contributed by atoms with Gasteiger partial charge in [0.05, 0.1) is 12.2 Å². The van der Waals surface area contributed by atoms with Crippen LogP contribution in [0.5, 0.6) is 5.75 Å². The lowest BCUT2D eigenvalue weighted by Gasteiger charge is -2.20. The van der Waals surface area contributed by atoms with Gasteiger partial charge in [0.2, 0.25) is 0 Å². The lowest BCUT2D eigenvalue weighted by Crippen LogP contribution is -2.22. The molecule has 0 aliphatic carbocycles. The second kappa shape index (κ2) is 6.08. The van der Waals surface area contributed by atoms with E-state index in [4.69, 9.17) is 4.74 Å². The highest BCUT2D eigenvalue weighted by Crippen LogP contribution is 2.23. The van der Waals surface area contributed by atoms with Crippen molar-refractivity contribution in [2.24, 2.45) is 0 Å². The standard InChI is InChI=1S/C16H21N3O2/c1-12-5-7-13(8-6-12)21-10-9-19-15(16(2,3)4)14(11-20)17-18-19/h5-8,11H,9-10H2,1-4H3. The topological polar surface area (TPSA) is 57.0 Å². The first-order valence-electron chi connectivity index (χ1n) is 7.00. The Balaban J connectivity index is 2.05. The number of carbonyl (C=O) groups excluding carboxylic acids is 1. The van der Waals surface area contributed by atoms with Gasteiger partial charge in [-0.1, -0.05) is 43.7 Å². The first-order chi connectivity index (χ1) is 9.91. The van der Waals surface area contributed by atoms with Crippen molar-refractivity contribution in [2.75, 3.05) is 6.61 Å². The molecule has 0 atom stereocenters. The van der Waals surface area contributed by atoms with Gasteiger partial charge in [0.1, 0.15) is 18.1 Å². The third-order valence-corrected chi connectivity index (χ3v) is 3.18. The first kappa shape index (κ1) is 15.2. The third-order valence-electron chi connectivity index (χ3n) is 3.18. The zero-order valence-corrected chi connectivity index (χ0v) is 13.0. The number of rotatable bonds is 5. The van der Waals surface area contributed by atoms with Gasteiger partial charge < -0.3 is 4.74 Å². The Morgan fingerprint density at radius 1 is 1.24 bits per heavy atom. The molecule has 0 N–H and O–H groups in total. The van der Waals surface area contributed by atoms with Crippen LogP contribution < -0.4 is 4.74 Å². The molecule has 5 heteroatoms. The monoisotopic (exact) mass is 287 g/mol. The van der Waals surface area contributed by atoms with E-state index in [0.717, 1.165) is 17.7 Å². The molecule has 1 heterocycles. The lowest BCUT2D eigenvalue weighted by molar-refractivity contribution is 0.111. The quantitative estimate of drug-likeness (QED) is 0.793. The number of aldehydes is 1. The van der Waals surface area contributed by atoms with E-state index in [-0.39, 0.29) is 5.41 Å². The SMILES string of the molecule is Cc1ccc(OCCn2nnc(C=O)c2C(C)(C)C)cc1. The third kappa shape index (κ3) is 3.68. The van der Waals surface area contributed by atoms with Crippen LogP contribution in [0.2, 0.25) is 0 Å². The van der Waals surface area contributed by atoms with Gasteiger partial charge in [-0.05, 0) is 19.1 Å². The highest BCUT2D eigenvalue weighted by molar-refractivity contribution is 5.73. The van der Waals surface area contributed by atoms with Crippen molar-refractivity contribution in [3.8, 4) is 5.75 Å². The van der Waals surface area contributed by atoms with E-state index in [0.29, 0.717) is 18.8 Å². The molecule has 0 bridgehead atoms. The van der Waals surface area contributed by atoms with Gasteiger partial charge >= 0.3 is 0 Å². The molecule has 0 unspecified atom stereocenters. The molecule has 0 aliphatic rings. The van der Waals surface area contributed by atoms with Crippen LogP contribution in [0.1, 0.15) is 42.5 Å². The van der Waals surface area contributed by atoms with Crippen LogP contribution in [0.25, 0.3) is 0 Å². The molecule has 0 aliphatic heterocycles. The first-order valence-corrected chi connectivity index (χ1v) is 7.00. The number of aryl methyl sites for hydroxylation is 1. The van der Waals surface area contributed by atoms with E-state index < -0.39 is 0 Å². The molecular weight excluding hydrogens is 266 g/mol. The Morgan fingerprint density at radius 2 is 1.90 bits per heavy atom. The van der Waals surface area contributed by atoms with Crippen molar-refractivity contribution in [1.29, 1.82) is 0 Å². The zero-order valence-electron chi connectivity index (χ0n) is 13.0. The van der Waals surface area contributed by atoms with E-state index in [1.807, 2.05) is 52.0 Å². The van der Waals surface area contributed by atoms with E-state index >= 15 is 0 Å². The number of hydrogen-bond donors (Lipinski definition) is 0. The summed E-state index contributed by atoms with van der Waals surface area (Å²) >= 11 is 0. The summed E-state index contributed by atoms with van der Waals surface area (Å²) < 4.78 is 7.45. The Hall–Kier alpha value is -2.17. The smallest absolute Gasteiger partial charge is 0.172 e. The van der Waals surface area contributed by atoms with Crippen molar-refractivity contribution in [3.05, 3.63) is 41.2 Å². The molecule has 1 aromatic carbocycles. The van der Waals surface area contributed by atoms with Crippen LogP contribution in [0.3, 0.4) is 0 Å². The molecule has 0 fully saturated rings. The summed E-state index contributed by atoms with van der Waals surface area (Å²) in [7, 11) is 0. The van der Waals surface area contributed by atoms with Crippen LogP contribution in [0, 0.1) is 6.92 Å². The molecular formula is C16H21N3O2. The molecule has 2 rings (SSSR count). The average molecular weight is 287 g/mol. The van der Waals surface area contributed by atoms with Gasteiger partial charge in [0.25, 0.3) is 0 Å². The van der Waals surface area contributed by atoms with Gasteiger partial charge in [0, 0.05) is 5.41 Å². The molecule has 0 radical (unpaired) electrons. The molecule has 0 saturated carbocycles. The molecule has 0 saturated heterocycles. The summed E-state index contributed by atoms with van der Waals surface area (Å²) in [6.45, 7) is 9.19. The minimum atomic E-state index is -0.191. The van der Waals surface area contributed by atoms with Gasteiger partial charge in [-0.15, -0.1) is 5.10 Å². The van der Waals surface area contributed by atoms with E-state index in [1.165, 1.54) is 5.56 Å². The largest absolute Gasteiger partial charge is 0.492 e. The summed E-state index contributed by atoms with van der Waals surface area (Å²) in [5.74, 6) is 0.827.